The predicted molar refractivity (Wildman–Crippen MR) is 74.5 cm³/mol. The molecule has 0 aliphatic carbocycles. The van der Waals surface area contributed by atoms with Gasteiger partial charge < -0.3 is 4.74 Å². The zero-order valence-corrected chi connectivity index (χ0v) is 10.5. The lowest BCUT2D eigenvalue weighted by molar-refractivity contribution is 0.415. The summed E-state index contributed by atoms with van der Waals surface area (Å²) in [7, 11) is 1.61. The van der Waals surface area contributed by atoms with Crippen LogP contribution in [0, 0.1) is 5.82 Å². The summed E-state index contributed by atoms with van der Waals surface area (Å²) in [6.45, 7) is 0. The second kappa shape index (κ2) is 5.96. The van der Waals surface area contributed by atoms with Gasteiger partial charge in [-0.3, -0.25) is 4.79 Å². The number of carbonyl (C=O) groups excluding carboxylic acids is 1. The summed E-state index contributed by atoms with van der Waals surface area (Å²) in [6.07, 6.45) is 3.35. The topological polar surface area (TPSA) is 30.6 Å². The van der Waals surface area contributed by atoms with Crippen molar-refractivity contribution in [3.63, 3.8) is 0 Å². The Morgan fingerprint density at radius 1 is 1.05 bits per heavy atom. The van der Waals surface area contributed by atoms with E-state index >= 15 is 0 Å². The first-order valence-electron chi connectivity index (χ1n) is 5.83. The summed E-state index contributed by atoms with van der Waals surface area (Å²) in [4.78, 5) is 9.86. The van der Waals surface area contributed by atoms with Crippen LogP contribution in [0.3, 0.4) is 0 Å². The number of ether oxygens (including phenoxy) is 1. The maximum absolute atomic E-state index is 12.8. The van der Waals surface area contributed by atoms with Gasteiger partial charge in [0, 0.05) is 6.08 Å². The van der Waals surface area contributed by atoms with E-state index < -0.39 is 0 Å². The van der Waals surface area contributed by atoms with Crippen LogP contribution in [0.5, 0.6) is 5.75 Å². The van der Waals surface area contributed by atoms with Crippen molar-refractivity contribution in [3.8, 4) is 5.75 Å². The van der Waals surface area contributed by atoms with Crippen LogP contribution < -0.4 is 4.74 Å². The molecule has 0 radical (unpaired) electrons. The minimum Gasteiger partial charge on any atom is -0.497 e. The van der Waals surface area contributed by atoms with Crippen LogP contribution in [0.25, 0.3) is 6.08 Å². The lowest BCUT2D eigenvalue weighted by atomic mass is 10.1. The number of benzene rings is 2. The molecule has 0 unspecified atom stereocenters. The van der Waals surface area contributed by atoms with E-state index in [0.717, 1.165) is 11.3 Å². The molecule has 0 atom stereocenters. The van der Waals surface area contributed by atoms with Gasteiger partial charge in [0.15, 0.2) is 0 Å². The van der Waals surface area contributed by atoms with Crippen LogP contribution in [-0.4, -0.2) is 17.7 Å². The van der Waals surface area contributed by atoms with E-state index in [1.54, 1.807) is 19.3 Å². The Labute approximate surface area is 111 Å². The Morgan fingerprint density at radius 3 is 2.26 bits per heavy atom. The van der Waals surface area contributed by atoms with Crippen LogP contribution in [0.15, 0.2) is 54.6 Å². The van der Waals surface area contributed by atoms with Crippen molar-refractivity contribution in [2.75, 3.05) is 7.11 Å². The number of methoxy groups -OCH3 is 1. The van der Waals surface area contributed by atoms with E-state index in [4.69, 9.17) is 4.74 Å². The lowest BCUT2D eigenvalue weighted by Crippen LogP contribution is -1.95. The molecule has 2 rings (SSSR count). The molecule has 96 valence electrons. The standard InChI is InChI=1S/C16H13FO2/c1-19-15-9-2-12(3-10-15)4-11-16(18)13-5-7-14(17)8-6-13/h2-11H,1H3/p+1/b11-4+. The molecule has 0 bridgehead atoms. The molecule has 1 N–H and O–H groups in total. The Morgan fingerprint density at radius 2 is 1.68 bits per heavy atom. The number of allylic oxidation sites excluding steroid dienone is 1. The molecule has 2 aromatic carbocycles. The molecule has 0 aromatic heterocycles. The van der Waals surface area contributed by atoms with Gasteiger partial charge in [-0.1, -0.05) is 12.1 Å². The fourth-order valence-electron chi connectivity index (χ4n) is 1.61. The molecule has 0 saturated heterocycles. The van der Waals surface area contributed by atoms with E-state index in [-0.39, 0.29) is 11.6 Å². The monoisotopic (exact) mass is 257 g/mol. The largest absolute Gasteiger partial charge is 0.497 e. The van der Waals surface area contributed by atoms with Crippen LogP contribution in [-0.2, 0) is 0 Å². The van der Waals surface area contributed by atoms with Crippen LogP contribution in [0.4, 0.5) is 4.39 Å². The minimum atomic E-state index is -0.323. The average Bonchev–Trinajstić information content (AvgIpc) is 2.46. The molecule has 0 fully saturated rings. The SMILES string of the molecule is COc1ccc(/C=C/C(=[OH+])c2ccc(F)cc2)cc1. The quantitative estimate of drug-likeness (QED) is 0.469. The smallest absolute Gasteiger partial charge is 0.347 e. The van der Waals surface area contributed by atoms with Gasteiger partial charge in [-0.25, -0.2) is 4.39 Å². The first-order chi connectivity index (χ1) is 9.19. The highest BCUT2D eigenvalue weighted by molar-refractivity contribution is 6.07. The van der Waals surface area contributed by atoms with E-state index in [1.165, 1.54) is 24.3 Å². The Bertz CT molecular complexity index is 583. The number of halogens is 1. The molecule has 0 saturated carbocycles. The van der Waals surface area contributed by atoms with E-state index in [2.05, 4.69) is 0 Å². The fourth-order valence-corrected chi connectivity index (χ4v) is 1.61. The third-order valence-corrected chi connectivity index (χ3v) is 2.69. The first kappa shape index (κ1) is 13.0. The third kappa shape index (κ3) is 3.52. The maximum atomic E-state index is 12.8. The summed E-state index contributed by atoms with van der Waals surface area (Å²) in [5.74, 6) is 0.551. The normalized spacial score (nSPS) is 10.6. The van der Waals surface area contributed by atoms with Crippen molar-refractivity contribution in [1.82, 2.24) is 0 Å². The molecule has 0 amide bonds. The molecule has 0 aliphatic heterocycles. The maximum Gasteiger partial charge on any atom is 0.347 e. The molecule has 3 heteroatoms. The Kier molecular flexibility index (Phi) is 4.08. The summed E-state index contributed by atoms with van der Waals surface area (Å²) in [6, 6.07) is 13.1. The van der Waals surface area contributed by atoms with E-state index in [1.807, 2.05) is 24.3 Å². The zero-order chi connectivity index (χ0) is 13.7. The highest BCUT2D eigenvalue weighted by atomic mass is 19.1. The number of hydrogen-bond donors (Lipinski definition) is 0. The molecule has 19 heavy (non-hydrogen) atoms. The number of ketones is 1. The number of hydrogen-bond acceptors (Lipinski definition) is 1. The fraction of sp³-hybridized carbons (Fsp3) is 0.0625. The molecule has 0 spiro atoms. The van der Waals surface area contributed by atoms with Crippen molar-refractivity contribution in [1.29, 1.82) is 0 Å². The second-order valence-electron chi connectivity index (χ2n) is 4.00. The van der Waals surface area contributed by atoms with Crippen molar-refractivity contribution < 1.29 is 13.9 Å². The predicted octanol–water partition coefficient (Wildman–Crippen LogP) is 3.44. The number of rotatable bonds is 4. The summed E-state index contributed by atoms with van der Waals surface area (Å²) in [5.41, 5.74) is 1.51. The molecular weight excluding hydrogens is 243 g/mol. The van der Waals surface area contributed by atoms with Gasteiger partial charge in [0.2, 0.25) is 0 Å². The average molecular weight is 257 g/mol. The van der Waals surface area contributed by atoms with Gasteiger partial charge in [-0.05, 0) is 48.0 Å². The van der Waals surface area contributed by atoms with Crippen LogP contribution in [0.1, 0.15) is 11.1 Å². The molecular formula is C16H14FO2+. The van der Waals surface area contributed by atoms with Crippen LogP contribution in [0.2, 0.25) is 0 Å². The van der Waals surface area contributed by atoms with Crippen molar-refractivity contribution in [2.24, 2.45) is 0 Å². The van der Waals surface area contributed by atoms with E-state index in [0.29, 0.717) is 5.56 Å². The minimum absolute atomic E-state index is 0.0934. The Hall–Kier alpha value is -2.42. The molecule has 2 aromatic rings. The zero-order valence-electron chi connectivity index (χ0n) is 10.5. The molecule has 2 nitrogen and oxygen atoms in total. The van der Waals surface area contributed by atoms with Gasteiger partial charge >= 0.3 is 5.78 Å². The molecule has 0 heterocycles. The van der Waals surface area contributed by atoms with Gasteiger partial charge in [0.05, 0.1) is 12.7 Å². The third-order valence-electron chi connectivity index (χ3n) is 2.69. The second-order valence-corrected chi connectivity index (χ2v) is 4.00. The van der Waals surface area contributed by atoms with Gasteiger partial charge in [-0.2, -0.15) is 0 Å². The van der Waals surface area contributed by atoms with Gasteiger partial charge in [0.25, 0.3) is 0 Å². The highest BCUT2D eigenvalue weighted by Gasteiger charge is 2.07. The Balaban J connectivity index is 2.08. The van der Waals surface area contributed by atoms with Crippen molar-refractivity contribution in [2.45, 2.75) is 0 Å². The lowest BCUT2D eigenvalue weighted by Gasteiger charge is -1.98. The van der Waals surface area contributed by atoms with Gasteiger partial charge in [0.1, 0.15) is 11.6 Å². The van der Waals surface area contributed by atoms with E-state index in [9.17, 15) is 9.18 Å². The molecule has 0 aliphatic rings. The van der Waals surface area contributed by atoms with Crippen LogP contribution >= 0.6 is 0 Å². The highest BCUT2D eigenvalue weighted by Crippen LogP contribution is 2.13. The summed E-state index contributed by atoms with van der Waals surface area (Å²) < 4.78 is 17.8. The van der Waals surface area contributed by atoms with Gasteiger partial charge in [-0.15, -0.1) is 0 Å². The first-order valence-corrected chi connectivity index (χ1v) is 5.83. The van der Waals surface area contributed by atoms with Crippen molar-refractivity contribution in [3.05, 3.63) is 71.6 Å². The summed E-state index contributed by atoms with van der Waals surface area (Å²) in [5, 5.41) is 0. The van der Waals surface area contributed by atoms with Crippen molar-refractivity contribution >= 4 is 11.9 Å². The summed E-state index contributed by atoms with van der Waals surface area (Å²) >= 11 is 0.